The summed E-state index contributed by atoms with van der Waals surface area (Å²) < 4.78 is 0. The second-order valence-corrected chi connectivity index (χ2v) is 9.75. The van der Waals surface area contributed by atoms with Crippen LogP contribution in [0.25, 0.3) is 6.08 Å². The van der Waals surface area contributed by atoms with Crippen LogP contribution >= 0.6 is 0 Å². The molecule has 0 heterocycles. The maximum absolute atomic E-state index is 2.58. The number of rotatable bonds is 3. The van der Waals surface area contributed by atoms with E-state index in [-0.39, 0.29) is 5.04 Å². The van der Waals surface area contributed by atoms with Crippen LogP contribution in [0.5, 0.6) is 0 Å². The SMILES string of the molecule is C[Si](c1ccccc1)C1(C2=CCCCC2)CC=Cc2ccccc21. The largest absolute Gasteiger partial charge is 0.0992 e. The topological polar surface area (TPSA) is 0 Å². The lowest BCUT2D eigenvalue weighted by atomic mass is 9.77. The summed E-state index contributed by atoms with van der Waals surface area (Å²) >= 11 is 0. The van der Waals surface area contributed by atoms with E-state index in [9.17, 15) is 0 Å². The number of hydrogen-bond donors (Lipinski definition) is 0. The summed E-state index contributed by atoms with van der Waals surface area (Å²) in [4.78, 5) is 0. The molecule has 0 nitrogen and oxygen atoms in total. The molecule has 4 rings (SSSR count). The van der Waals surface area contributed by atoms with Crippen molar-refractivity contribution in [2.24, 2.45) is 0 Å². The second kappa shape index (κ2) is 6.56. The maximum atomic E-state index is 2.58. The van der Waals surface area contributed by atoms with Crippen molar-refractivity contribution in [2.75, 3.05) is 0 Å². The van der Waals surface area contributed by atoms with E-state index in [0.29, 0.717) is 0 Å². The molecule has 0 amide bonds. The van der Waals surface area contributed by atoms with Gasteiger partial charge in [0, 0.05) is 5.04 Å². The van der Waals surface area contributed by atoms with Crippen LogP contribution in [-0.2, 0) is 5.04 Å². The van der Waals surface area contributed by atoms with Crippen LogP contribution < -0.4 is 5.19 Å². The molecule has 1 unspecified atom stereocenters. The molecule has 1 heteroatoms. The zero-order chi connectivity index (χ0) is 16.4. The molecule has 0 aliphatic heterocycles. The monoisotopic (exact) mass is 329 g/mol. The Hall–Kier alpha value is -1.86. The molecule has 0 saturated heterocycles. The zero-order valence-electron chi connectivity index (χ0n) is 14.5. The van der Waals surface area contributed by atoms with Gasteiger partial charge in [-0.15, -0.1) is 0 Å². The standard InChI is InChI=1S/C23H25Si/c1-24(21-15-6-3-7-16-21)23(20-13-4-2-5-14-20)18-10-12-19-11-8-9-17-22(19)23/h3,6-13,15-17H,2,4-5,14,18H2,1H3. The molecule has 0 spiro atoms. The predicted octanol–water partition coefficient (Wildman–Crippen LogP) is 5.41. The highest BCUT2D eigenvalue weighted by atomic mass is 28.3. The highest BCUT2D eigenvalue weighted by molar-refractivity contribution is 6.75. The van der Waals surface area contributed by atoms with Crippen LogP contribution in [0.15, 0.2) is 72.3 Å². The van der Waals surface area contributed by atoms with E-state index in [4.69, 9.17) is 0 Å². The summed E-state index contributed by atoms with van der Waals surface area (Å²) in [6.45, 7) is 2.53. The van der Waals surface area contributed by atoms with Gasteiger partial charge < -0.3 is 0 Å². The third-order valence-corrected chi connectivity index (χ3v) is 9.10. The molecule has 0 saturated carbocycles. The van der Waals surface area contributed by atoms with E-state index in [0.717, 1.165) is 6.42 Å². The highest BCUT2D eigenvalue weighted by Gasteiger charge is 2.44. The molecular weight excluding hydrogens is 304 g/mol. The fraction of sp³-hybridized carbons (Fsp3) is 0.304. The Morgan fingerprint density at radius 2 is 1.71 bits per heavy atom. The van der Waals surface area contributed by atoms with Crippen LogP contribution in [-0.4, -0.2) is 8.80 Å². The molecular formula is C23H25Si. The maximum Gasteiger partial charge on any atom is 0.0992 e. The fourth-order valence-corrected chi connectivity index (χ4v) is 7.51. The molecule has 1 radical (unpaired) electrons. The fourth-order valence-electron chi connectivity index (χ4n) is 4.56. The van der Waals surface area contributed by atoms with Gasteiger partial charge >= 0.3 is 0 Å². The van der Waals surface area contributed by atoms with E-state index in [2.05, 4.69) is 79.4 Å². The highest BCUT2D eigenvalue weighted by Crippen LogP contribution is 2.46. The van der Waals surface area contributed by atoms with Gasteiger partial charge in [0.1, 0.15) is 0 Å². The Morgan fingerprint density at radius 3 is 2.50 bits per heavy atom. The molecule has 2 aliphatic rings. The van der Waals surface area contributed by atoms with Crippen molar-refractivity contribution in [3.8, 4) is 0 Å². The van der Waals surface area contributed by atoms with Gasteiger partial charge in [0.05, 0.1) is 8.80 Å². The van der Waals surface area contributed by atoms with Gasteiger partial charge in [0.2, 0.25) is 0 Å². The smallest absolute Gasteiger partial charge is 0.0847 e. The molecule has 0 bridgehead atoms. The van der Waals surface area contributed by atoms with Crippen LogP contribution in [0.2, 0.25) is 6.55 Å². The van der Waals surface area contributed by atoms with Gasteiger partial charge in [-0.1, -0.05) is 90.1 Å². The number of benzene rings is 2. The summed E-state index contributed by atoms with van der Waals surface area (Å²) in [5, 5.41) is 1.77. The molecule has 0 fully saturated rings. The minimum absolute atomic E-state index is 0.220. The Kier molecular flexibility index (Phi) is 4.28. The van der Waals surface area contributed by atoms with Gasteiger partial charge in [0.25, 0.3) is 0 Å². The molecule has 2 aromatic rings. The Morgan fingerprint density at radius 1 is 0.917 bits per heavy atom. The number of fused-ring (bicyclic) bond motifs is 1. The minimum Gasteiger partial charge on any atom is -0.0847 e. The van der Waals surface area contributed by atoms with Gasteiger partial charge in [-0.05, 0) is 43.2 Å². The van der Waals surface area contributed by atoms with E-state index >= 15 is 0 Å². The molecule has 0 aromatic heterocycles. The van der Waals surface area contributed by atoms with Crippen LogP contribution in [0, 0.1) is 0 Å². The van der Waals surface area contributed by atoms with Crippen molar-refractivity contribution in [2.45, 2.75) is 43.7 Å². The van der Waals surface area contributed by atoms with Crippen molar-refractivity contribution in [3.63, 3.8) is 0 Å². The van der Waals surface area contributed by atoms with Crippen molar-refractivity contribution >= 4 is 20.1 Å². The quantitative estimate of drug-likeness (QED) is 0.521. The van der Waals surface area contributed by atoms with Crippen molar-refractivity contribution in [1.82, 2.24) is 0 Å². The average Bonchev–Trinajstić information content (AvgIpc) is 2.68. The van der Waals surface area contributed by atoms with Crippen molar-refractivity contribution < 1.29 is 0 Å². The first-order chi connectivity index (χ1) is 11.8. The van der Waals surface area contributed by atoms with E-state index < -0.39 is 8.80 Å². The zero-order valence-corrected chi connectivity index (χ0v) is 15.5. The summed E-state index contributed by atoms with van der Waals surface area (Å²) in [7, 11) is -0.757. The molecule has 0 N–H and O–H groups in total. The summed E-state index contributed by atoms with van der Waals surface area (Å²) in [6.07, 6.45) is 13.7. The molecule has 2 aromatic carbocycles. The van der Waals surface area contributed by atoms with Gasteiger partial charge in [-0.25, -0.2) is 0 Å². The van der Waals surface area contributed by atoms with Crippen molar-refractivity contribution in [1.29, 1.82) is 0 Å². The summed E-state index contributed by atoms with van der Waals surface area (Å²) in [5.74, 6) is 0. The van der Waals surface area contributed by atoms with E-state index in [1.165, 1.54) is 31.2 Å². The minimum atomic E-state index is -0.757. The summed E-state index contributed by atoms with van der Waals surface area (Å²) in [5.41, 5.74) is 4.71. The third-order valence-electron chi connectivity index (χ3n) is 5.83. The van der Waals surface area contributed by atoms with Gasteiger partial charge in [-0.2, -0.15) is 0 Å². The van der Waals surface area contributed by atoms with E-state index in [1.807, 2.05) is 0 Å². The number of hydrogen-bond acceptors (Lipinski definition) is 0. The Bertz CT molecular complexity index is 772. The van der Waals surface area contributed by atoms with E-state index in [1.54, 1.807) is 16.3 Å². The molecule has 1 atom stereocenters. The molecule has 121 valence electrons. The van der Waals surface area contributed by atoms with Gasteiger partial charge in [-0.3, -0.25) is 0 Å². The Labute approximate surface area is 147 Å². The first-order valence-corrected chi connectivity index (χ1v) is 11.2. The number of allylic oxidation sites excluding steroid dienone is 3. The van der Waals surface area contributed by atoms with Crippen LogP contribution in [0.3, 0.4) is 0 Å². The predicted molar refractivity (Wildman–Crippen MR) is 106 cm³/mol. The first kappa shape index (κ1) is 15.7. The lowest BCUT2D eigenvalue weighted by Gasteiger charge is -2.44. The lowest BCUT2D eigenvalue weighted by molar-refractivity contribution is 0.592. The molecule has 24 heavy (non-hydrogen) atoms. The first-order valence-electron chi connectivity index (χ1n) is 9.17. The lowest BCUT2D eigenvalue weighted by Crippen LogP contribution is -2.51. The molecule has 2 aliphatic carbocycles. The normalized spacial score (nSPS) is 23.0. The third kappa shape index (κ3) is 2.52. The Balaban J connectivity index is 1.91. The van der Waals surface area contributed by atoms with Crippen molar-refractivity contribution in [3.05, 3.63) is 83.4 Å². The van der Waals surface area contributed by atoms with Crippen LogP contribution in [0.1, 0.15) is 43.2 Å². The van der Waals surface area contributed by atoms with Crippen LogP contribution in [0.4, 0.5) is 0 Å². The average molecular weight is 330 g/mol. The second-order valence-electron chi connectivity index (χ2n) is 7.07. The van der Waals surface area contributed by atoms with Gasteiger partial charge in [0.15, 0.2) is 0 Å². The summed E-state index contributed by atoms with van der Waals surface area (Å²) in [6, 6.07) is 20.3.